The van der Waals surface area contributed by atoms with Gasteiger partial charge in [-0.15, -0.1) is 0 Å². The third kappa shape index (κ3) is 2.67. The molecule has 2 aliphatic rings. The van der Waals surface area contributed by atoms with E-state index in [4.69, 9.17) is 18.0 Å². The smallest absolute Gasteiger partial charge is 0.106 e. The van der Waals surface area contributed by atoms with Gasteiger partial charge in [-0.1, -0.05) is 30.3 Å². The van der Waals surface area contributed by atoms with Gasteiger partial charge in [0.25, 0.3) is 0 Å². The van der Waals surface area contributed by atoms with E-state index in [0.717, 1.165) is 11.3 Å². The Morgan fingerprint density at radius 1 is 1.30 bits per heavy atom. The van der Waals surface area contributed by atoms with Crippen LogP contribution in [0.4, 0.5) is 5.69 Å². The van der Waals surface area contributed by atoms with Gasteiger partial charge < -0.3 is 11.1 Å². The number of aryl methyl sites for hydroxylation is 1. The summed E-state index contributed by atoms with van der Waals surface area (Å²) in [4.78, 5) is 3.12. The lowest BCUT2D eigenvalue weighted by Gasteiger charge is -2.33. The first-order valence-electron chi connectivity index (χ1n) is 7.56. The first-order valence-corrected chi connectivity index (χ1v) is 7.97. The average Bonchev–Trinajstić information content (AvgIpc) is 2.84. The van der Waals surface area contributed by atoms with Crippen molar-refractivity contribution in [1.29, 1.82) is 0 Å². The molecule has 2 atom stereocenters. The highest BCUT2D eigenvalue weighted by Gasteiger charge is 2.35. The van der Waals surface area contributed by atoms with Crippen LogP contribution in [0.3, 0.4) is 0 Å². The Kier molecular flexibility index (Phi) is 3.94. The van der Waals surface area contributed by atoms with Gasteiger partial charge in [-0.2, -0.15) is 0 Å². The van der Waals surface area contributed by atoms with Crippen LogP contribution in [0.25, 0.3) is 0 Å². The zero-order valence-corrected chi connectivity index (χ0v) is 12.9. The Morgan fingerprint density at radius 2 is 2.15 bits per heavy atom. The summed E-state index contributed by atoms with van der Waals surface area (Å²) < 4.78 is 0. The van der Waals surface area contributed by atoms with Gasteiger partial charge in [-0.25, -0.2) is 0 Å². The van der Waals surface area contributed by atoms with Crippen LogP contribution in [0.5, 0.6) is 0 Å². The van der Waals surface area contributed by atoms with Gasteiger partial charge in [0.05, 0.1) is 0 Å². The van der Waals surface area contributed by atoms with Crippen LogP contribution in [0, 0.1) is 6.92 Å². The summed E-state index contributed by atoms with van der Waals surface area (Å²) >= 11 is 5.19. The highest BCUT2D eigenvalue weighted by Crippen LogP contribution is 2.30. The lowest BCUT2D eigenvalue weighted by atomic mass is 9.98. The average molecular weight is 289 g/mol. The Hall–Kier alpha value is -1.13. The maximum Gasteiger partial charge on any atom is 0.106 e. The first-order chi connectivity index (χ1) is 9.65. The molecule has 0 aromatic heterocycles. The summed E-state index contributed by atoms with van der Waals surface area (Å²) in [5.74, 6) is 0. The molecular weight excluding hydrogens is 266 g/mol. The Labute approximate surface area is 126 Å². The molecule has 108 valence electrons. The number of benzene rings is 1. The van der Waals surface area contributed by atoms with E-state index < -0.39 is 0 Å². The zero-order valence-electron chi connectivity index (χ0n) is 12.1. The summed E-state index contributed by atoms with van der Waals surface area (Å²) in [5.41, 5.74) is 9.15. The molecule has 0 amide bonds. The third-order valence-corrected chi connectivity index (χ3v) is 4.86. The number of nitrogens with two attached hydrogens (primary N) is 1. The number of piperidine rings is 1. The molecule has 0 spiro atoms. The minimum Gasteiger partial charge on any atom is -0.389 e. The van der Waals surface area contributed by atoms with Gasteiger partial charge in [-0.05, 0) is 44.9 Å². The van der Waals surface area contributed by atoms with Gasteiger partial charge >= 0.3 is 0 Å². The number of hydrogen-bond donors (Lipinski definition) is 2. The summed E-state index contributed by atoms with van der Waals surface area (Å²) in [6.07, 6.45) is 5.24. The SMILES string of the molecule is Cc1ccc(NC2CCN3CCCCC23)c(C(N)=S)c1. The predicted octanol–water partition coefficient (Wildman–Crippen LogP) is 2.67. The summed E-state index contributed by atoms with van der Waals surface area (Å²) in [7, 11) is 0. The molecule has 3 N–H and O–H groups in total. The van der Waals surface area contributed by atoms with E-state index in [-0.39, 0.29) is 0 Å². The van der Waals surface area contributed by atoms with Gasteiger partial charge in [0, 0.05) is 29.9 Å². The molecule has 1 aromatic rings. The van der Waals surface area contributed by atoms with Crippen molar-refractivity contribution in [2.45, 2.75) is 44.7 Å². The molecule has 4 heteroatoms. The van der Waals surface area contributed by atoms with Crippen LogP contribution in [0.2, 0.25) is 0 Å². The monoisotopic (exact) mass is 289 g/mol. The molecule has 2 saturated heterocycles. The van der Waals surface area contributed by atoms with Crippen LogP contribution in [-0.2, 0) is 0 Å². The molecule has 20 heavy (non-hydrogen) atoms. The molecule has 0 radical (unpaired) electrons. The number of anilines is 1. The normalized spacial score (nSPS) is 26.2. The Balaban J connectivity index is 1.79. The summed E-state index contributed by atoms with van der Waals surface area (Å²) in [6, 6.07) is 7.54. The number of rotatable bonds is 3. The van der Waals surface area contributed by atoms with Crippen molar-refractivity contribution in [3.05, 3.63) is 29.3 Å². The van der Waals surface area contributed by atoms with Crippen LogP contribution < -0.4 is 11.1 Å². The summed E-state index contributed by atoms with van der Waals surface area (Å²) in [5, 5.41) is 3.71. The number of hydrogen-bond acceptors (Lipinski definition) is 3. The number of fused-ring (bicyclic) bond motifs is 1. The number of nitrogens with zero attached hydrogens (tertiary/aromatic N) is 1. The van der Waals surface area contributed by atoms with Crippen molar-refractivity contribution < 1.29 is 0 Å². The van der Waals surface area contributed by atoms with Crippen molar-refractivity contribution in [3.8, 4) is 0 Å². The zero-order chi connectivity index (χ0) is 14.1. The van der Waals surface area contributed by atoms with Gasteiger partial charge in [0.15, 0.2) is 0 Å². The number of thiocarbonyl (C=S) groups is 1. The quantitative estimate of drug-likeness (QED) is 0.840. The second-order valence-electron chi connectivity index (χ2n) is 6.05. The predicted molar refractivity (Wildman–Crippen MR) is 88.3 cm³/mol. The Bertz CT molecular complexity index is 514. The molecule has 3 rings (SSSR count). The van der Waals surface area contributed by atoms with Gasteiger partial charge in [0.1, 0.15) is 4.99 Å². The standard InChI is InChI=1S/C16H23N3S/c1-11-5-6-13(12(10-11)16(17)20)18-14-7-9-19-8-3-2-4-15(14)19/h5-6,10,14-15,18H,2-4,7-9H2,1H3,(H2,17,20). The fraction of sp³-hybridized carbons (Fsp3) is 0.562. The highest BCUT2D eigenvalue weighted by molar-refractivity contribution is 7.80. The second kappa shape index (κ2) is 5.70. The molecule has 0 saturated carbocycles. The fourth-order valence-corrected chi connectivity index (χ4v) is 3.77. The van der Waals surface area contributed by atoms with Gasteiger partial charge in [0.2, 0.25) is 0 Å². The molecule has 2 heterocycles. The van der Waals surface area contributed by atoms with E-state index in [9.17, 15) is 0 Å². The van der Waals surface area contributed by atoms with Crippen LogP contribution >= 0.6 is 12.2 Å². The third-order valence-electron chi connectivity index (χ3n) is 4.64. The molecule has 0 aliphatic carbocycles. The first kappa shape index (κ1) is 13.8. The maximum atomic E-state index is 5.87. The molecule has 3 nitrogen and oxygen atoms in total. The van der Waals surface area contributed by atoms with Crippen molar-refractivity contribution >= 4 is 22.9 Å². The van der Waals surface area contributed by atoms with Crippen LogP contribution in [0.1, 0.15) is 36.8 Å². The van der Waals surface area contributed by atoms with Crippen LogP contribution in [-0.4, -0.2) is 35.1 Å². The van der Waals surface area contributed by atoms with E-state index in [2.05, 4.69) is 35.3 Å². The van der Waals surface area contributed by atoms with Crippen LogP contribution in [0.15, 0.2) is 18.2 Å². The van der Waals surface area contributed by atoms with E-state index in [0.29, 0.717) is 17.1 Å². The van der Waals surface area contributed by atoms with E-state index in [1.54, 1.807) is 0 Å². The van der Waals surface area contributed by atoms with Crippen molar-refractivity contribution in [2.24, 2.45) is 5.73 Å². The lowest BCUT2D eigenvalue weighted by Crippen LogP contribution is -2.41. The number of nitrogens with one attached hydrogen (secondary N) is 1. The second-order valence-corrected chi connectivity index (χ2v) is 6.49. The highest BCUT2D eigenvalue weighted by atomic mass is 32.1. The summed E-state index contributed by atoms with van der Waals surface area (Å²) in [6.45, 7) is 4.56. The van der Waals surface area contributed by atoms with Crippen molar-refractivity contribution in [3.63, 3.8) is 0 Å². The van der Waals surface area contributed by atoms with E-state index >= 15 is 0 Å². The van der Waals surface area contributed by atoms with Crippen molar-refractivity contribution in [2.75, 3.05) is 18.4 Å². The Morgan fingerprint density at radius 3 is 2.95 bits per heavy atom. The molecule has 0 bridgehead atoms. The fourth-order valence-electron chi connectivity index (χ4n) is 3.60. The largest absolute Gasteiger partial charge is 0.389 e. The molecular formula is C16H23N3S. The molecule has 2 unspecified atom stereocenters. The maximum absolute atomic E-state index is 5.87. The van der Waals surface area contributed by atoms with E-state index in [1.807, 2.05) is 0 Å². The van der Waals surface area contributed by atoms with Gasteiger partial charge in [-0.3, -0.25) is 4.90 Å². The van der Waals surface area contributed by atoms with E-state index in [1.165, 1.54) is 44.3 Å². The molecule has 2 fully saturated rings. The minimum absolute atomic E-state index is 0.481. The molecule has 2 aliphatic heterocycles. The lowest BCUT2D eigenvalue weighted by molar-refractivity contribution is 0.193. The molecule has 1 aromatic carbocycles. The van der Waals surface area contributed by atoms with Crippen molar-refractivity contribution in [1.82, 2.24) is 4.90 Å². The topological polar surface area (TPSA) is 41.3 Å². The minimum atomic E-state index is 0.481.